The Morgan fingerprint density at radius 1 is 1.31 bits per heavy atom. The van der Waals surface area contributed by atoms with Crippen molar-refractivity contribution in [1.82, 2.24) is 10.3 Å². The maximum absolute atomic E-state index is 6.10. The van der Waals surface area contributed by atoms with Gasteiger partial charge in [-0.1, -0.05) is 23.7 Å². The molecule has 4 heteroatoms. The summed E-state index contributed by atoms with van der Waals surface area (Å²) >= 11 is 6.10. The van der Waals surface area contributed by atoms with Gasteiger partial charge in [0.1, 0.15) is 0 Å². The molecule has 1 aliphatic rings. The lowest BCUT2D eigenvalue weighted by atomic mass is 10.0. The molecule has 3 rings (SSSR count). The molecule has 1 aliphatic heterocycles. The van der Waals surface area contributed by atoms with Crippen molar-refractivity contribution in [3.05, 3.63) is 41.4 Å². The zero-order chi connectivity index (χ0) is 11.0. The van der Waals surface area contributed by atoms with E-state index in [-0.39, 0.29) is 0 Å². The fraction of sp³-hybridized carbons (Fsp3) is 0.250. The Hall–Kier alpha value is -1.32. The molecule has 0 amide bonds. The normalized spacial score (nSPS) is 16.1. The van der Waals surface area contributed by atoms with Gasteiger partial charge in [0.15, 0.2) is 5.76 Å². The second-order valence-corrected chi connectivity index (χ2v) is 4.30. The van der Waals surface area contributed by atoms with Crippen LogP contribution in [0.25, 0.3) is 11.3 Å². The molecule has 1 N–H and O–H groups in total. The minimum atomic E-state index is 0.413. The second-order valence-electron chi connectivity index (χ2n) is 3.90. The summed E-state index contributed by atoms with van der Waals surface area (Å²) in [6, 6.07) is 7.63. The average Bonchev–Trinajstić information content (AvgIpc) is 2.65. The molecule has 1 saturated heterocycles. The van der Waals surface area contributed by atoms with E-state index in [0.717, 1.165) is 30.3 Å². The monoisotopic (exact) mass is 234 g/mol. The lowest BCUT2D eigenvalue weighted by Crippen LogP contribution is -2.40. The van der Waals surface area contributed by atoms with Gasteiger partial charge < -0.3 is 9.73 Å². The molecule has 82 valence electrons. The summed E-state index contributed by atoms with van der Waals surface area (Å²) in [5, 5.41) is 3.89. The van der Waals surface area contributed by atoms with Crippen molar-refractivity contribution >= 4 is 11.6 Å². The first kappa shape index (κ1) is 9.87. The molecule has 2 heterocycles. The Kier molecular flexibility index (Phi) is 2.42. The number of nitrogens with one attached hydrogen (secondary N) is 1. The van der Waals surface area contributed by atoms with Crippen molar-refractivity contribution in [2.75, 3.05) is 13.1 Å². The zero-order valence-corrected chi connectivity index (χ0v) is 9.37. The quantitative estimate of drug-likeness (QED) is 0.868. The summed E-state index contributed by atoms with van der Waals surface area (Å²) in [4.78, 5) is 4.29. The molecule has 0 unspecified atom stereocenters. The van der Waals surface area contributed by atoms with Gasteiger partial charge in [0.05, 0.1) is 17.1 Å². The van der Waals surface area contributed by atoms with E-state index in [2.05, 4.69) is 10.3 Å². The Labute approximate surface area is 98.4 Å². The Morgan fingerprint density at radius 2 is 2.12 bits per heavy atom. The summed E-state index contributed by atoms with van der Waals surface area (Å²) in [7, 11) is 0. The van der Waals surface area contributed by atoms with Crippen molar-refractivity contribution in [3.63, 3.8) is 0 Å². The van der Waals surface area contributed by atoms with Gasteiger partial charge in [0.25, 0.3) is 0 Å². The topological polar surface area (TPSA) is 38.1 Å². The maximum atomic E-state index is 6.10. The van der Waals surface area contributed by atoms with Gasteiger partial charge in [0.2, 0.25) is 5.89 Å². The van der Waals surface area contributed by atoms with Crippen molar-refractivity contribution in [3.8, 4) is 11.3 Å². The minimum Gasteiger partial charge on any atom is -0.440 e. The van der Waals surface area contributed by atoms with Crippen LogP contribution in [0.1, 0.15) is 11.8 Å². The van der Waals surface area contributed by atoms with E-state index in [1.54, 1.807) is 6.20 Å². The van der Waals surface area contributed by atoms with Gasteiger partial charge in [-0.25, -0.2) is 4.98 Å². The van der Waals surface area contributed by atoms with Gasteiger partial charge in [-0.3, -0.25) is 0 Å². The third-order valence-corrected chi connectivity index (χ3v) is 3.12. The van der Waals surface area contributed by atoms with Gasteiger partial charge in [-0.15, -0.1) is 0 Å². The van der Waals surface area contributed by atoms with Crippen LogP contribution in [0.3, 0.4) is 0 Å². The molecule has 16 heavy (non-hydrogen) atoms. The lowest BCUT2D eigenvalue weighted by Gasteiger charge is -2.23. The van der Waals surface area contributed by atoms with Crippen LogP contribution in [0, 0.1) is 0 Å². The number of rotatable bonds is 2. The van der Waals surface area contributed by atoms with E-state index in [1.807, 2.05) is 24.3 Å². The molecule has 1 fully saturated rings. The van der Waals surface area contributed by atoms with Crippen LogP contribution in [0.2, 0.25) is 5.02 Å². The van der Waals surface area contributed by atoms with Gasteiger partial charge in [-0.05, 0) is 12.1 Å². The van der Waals surface area contributed by atoms with Crippen molar-refractivity contribution in [1.29, 1.82) is 0 Å². The summed E-state index contributed by atoms with van der Waals surface area (Å²) in [6.07, 6.45) is 1.74. The fourth-order valence-electron chi connectivity index (χ4n) is 1.73. The molecule has 0 atom stereocenters. The number of hydrogen-bond donors (Lipinski definition) is 1. The van der Waals surface area contributed by atoms with Crippen LogP contribution in [-0.4, -0.2) is 18.1 Å². The van der Waals surface area contributed by atoms with Crippen LogP contribution >= 0.6 is 11.6 Å². The van der Waals surface area contributed by atoms with E-state index in [4.69, 9.17) is 16.0 Å². The summed E-state index contributed by atoms with van der Waals surface area (Å²) in [5.74, 6) is 1.96. The Bertz CT molecular complexity index is 505. The molecule has 0 saturated carbocycles. The third-order valence-electron chi connectivity index (χ3n) is 2.79. The SMILES string of the molecule is Clc1ccccc1-c1cnc(C2CNC2)o1. The smallest absolute Gasteiger partial charge is 0.200 e. The molecular formula is C12H11ClN2O. The van der Waals surface area contributed by atoms with E-state index in [9.17, 15) is 0 Å². The second kappa shape index (κ2) is 3.92. The average molecular weight is 235 g/mol. The number of hydrogen-bond acceptors (Lipinski definition) is 3. The molecule has 1 aromatic heterocycles. The molecule has 0 aliphatic carbocycles. The van der Waals surface area contributed by atoms with Crippen molar-refractivity contribution in [2.45, 2.75) is 5.92 Å². The molecule has 3 nitrogen and oxygen atoms in total. The summed E-state index contributed by atoms with van der Waals surface area (Å²) in [5.41, 5.74) is 0.898. The standard InChI is InChI=1S/C12H11ClN2O/c13-10-4-2-1-3-9(10)11-7-15-12(16-11)8-5-14-6-8/h1-4,7-8,14H,5-6H2. The highest BCUT2D eigenvalue weighted by Crippen LogP contribution is 2.30. The van der Waals surface area contributed by atoms with Crippen LogP contribution in [0.4, 0.5) is 0 Å². The first-order chi connectivity index (χ1) is 7.84. The summed E-state index contributed by atoms with van der Waals surface area (Å²) < 4.78 is 5.72. The highest BCUT2D eigenvalue weighted by atomic mass is 35.5. The van der Waals surface area contributed by atoms with Crippen molar-refractivity contribution < 1.29 is 4.42 Å². The fourth-order valence-corrected chi connectivity index (χ4v) is 1.95. The van der Waals surface area contributed by atoms with E-state index in [0.29, 0.717) is 10.9 Å². The zero-order valence-electron chi connectivity index (χ0n) is 8.61. The molecule has 0 bridgehead atoms. The molecule has 0 spiro atoms. The number of benzene rings is 1. The minimum absolute atomic E-state index is 0.413. The highest BCUT2D eigenvalue weighted by molar-refractivity contribution is 6.33. The predicted octanol–water partition coefficient (Wildman–Crippen LogP) is 2.68. The van der Waals surface area contributed by atoms with Gasteiger partial charge in [-0.2, -0.15) is 0 Å². The first-order valence-corrected chi connectivity index (χ1v) is 5.64. The van der Waals surface area contributed by atoms with E-state index in [1.165, 1.54) is 0 Å². The van der Waals surface area contributed by atoms with Crippen LogP contribution in [0.5, 0.6) is 0 Å². The molecular weight excluding hydrogens is 224 g/mol. The Morgan fingerprint density at radius 3 is 2.81 bits per heavy atom. The van der Waals surface area contributed by atoms with Crippen LogP contribution in [0.15, 0.2) is 34.9 Å². The number of halogens is 1. The summed E-state index contributed by atoms with van der Waals surface area (Å²) in [6.45, 7) is 1.89. The van der Waals surface area contributed by atoms with Crippen molar-refractivity contribution in [2.24, 2.45) is 0 Å². The lowest BCUT2D eigenvalue weighted by molar-refractivity contribution is 0.361. The van der Waals surface area contributed by atoms with Crippen LogP contribution in [-0.2, 0) is 0 Å². The predicted molar refractivity (Wildman–Crippen MR) is 62.6 cm³/mol. The van der Waals surface area contributed by atoms with E-state index < -0.39 is 0 Å². The molecule has 0 radical (unpaired) electrons. The molecule has 2 aromatic rings. The van der Waals surface area contributed by atoms with Gasteiger partial charge in [0, 0.05) is 18.7 Å². The first-order valence-electron chi connectivity index (χ1n) is 5.26. The largest absolute Gasteiger partial charge is 0.440 e. The number of nitrogens with zero attached hydrogens (tertiary/aromatic N) is 1. The number of aromatic nitrogens is 1. The van der Waals surface area contributed by atoms with E-state index >= 15 is 0 Å². The highest BCUT2D eigenvalue weighted by Gasteiger charge is 2.24. The Balaban J connectivity index is 1.95. The number of oxazole rings is 1. The van der Waals surface area contributed by atoms with Gasteiger partial charge >= 0.3 is 0 Å². The maximum Gasteiger partial charge on any atom is 0.200 e. The molecule has 1 aromatic carbocycles. The van der Waals surface area contributed by atoms with Crippen LogP contribution < -0.4 is 5.32 Å². The third kappa shape index (κ3) is 1.62.